The van der Waals surface area contributed by atoms with E-state index in [4.69, 9.17) is 20.8 Å². The summed E-state index contributed by atoms with van der Waals surface area (Å²) in [5.41, 5.74) is 1.43. The zero-order valence-corrected chi connectivity index (χ0v) is 16.9. The van der Waals surface area contributed by atoms with Gasteiger partial charge in [0.2, 0.25) is 11.8 Å². The van der Waals surface area contributed by atoms with Gasteiger partial charge in [-0.05, 0) is 43.0 Å². The van der Waals surface area contributed by atoms with Crippen LogP contribution in [0.15, 0.2) is 53.2 Å². The molecule has 3 aromatic rings. The van der Waals surface area contributed by atoms with E-state index >= 15 is 0 Å². The number of benzene rings is 1. The molecule has 0 aliphatic carbocycles. The summed E-state index contributed by atoms with van der Waals surface area (Å²) in [4.78, 5) is 23.7. The minimum Gasteiger partial charge on any atom is -0.480 e. The Labute approximate surface area is 174 Å². The maximum Gasteiger partial charge on any atom is 0.260 e. The number of aromatic nitrogens is 2. The van der Waals surface area contributed by atoms with Crippen molar-refractivity contribution in [2.75, 3.05) is 13.7 Å². The Hall–Kier alpha value is -2.86. The molecule has 2 aromatic heterocycles. The Balaban J connectivity index is 1.57. The largest absolute Gasteiger partial charge is 0.480 e. The summed E-state index contributed by atoms with van der Waals surface area (Å²) in [7, 11) is 1.52. The third-order valence-electron chi connectivity index (χ3n) is 5.14. The number of ether oxygens (including phenoxy) is 1. The van der Waals surface area contributed by atoms with Gasteiger partial charge in [0.05, 0.1) is 13.3 Å². The number of pyridine rings is 1. The molecule has 1 amide bonds. The molecule has 1 saturated heterocycles. The Morgan fingerprint density at radius 2 is 2.10 bits per heavy atom. The SMILES string of the molecule is COc1ncccc1C(=O)N1CCCCC1c1ncc(Cc2ccccc2Cl)o1. The standard InChI is InChI=1S/C22H22ClN3O3/c1-28-20-17(8-6-11-24-20)22(27)26-12-5-4-10-19(26)21-25-14-16(29-21)13-15-7-2-3-9-18(15)23/h2-3,6-9,11,14,19H,4-5,10,12-13H2,1H3. The molecule has 3 heterocycles. The van der Waals surface area contributed by atoms with E-state index in [1.165, 1.54) is 7.11 Å². The van der Waals surface area contributed by atoms with E-state index < -0.39 is 0 Å². The van der Waals surface area contributed by atoms with Gasteiger partial charge in [-0.1, -0.05) is 29.8 Å². The van der Waals surface area contributed by atoms with Crippen LogP contribution in [0.2, 0.25) is 5.02 Å². The number of hydrogen-bond donors (Lipinski definition) is 0. The van der Waals surface area contributed by atoms with Crippen LogP contribution < -0.4 is 4.74 Å². The molecule has 1 atom stereocenters. The van der Waals surface area contributed by atoms with Crippen LogP contribution in [-0.4, -0.2) is 34.4 Å². The van der Waals surface area contributed by atoms with Gasteiger partial charge in [0, 0.05) is 24.2 Å². The van der Waals surface area contributed by atoms with E-state index in [1.807, 2.05) is 29.2 Å². The van der Waals surface area contributed by atoms with Crippen molar-refractivity contribution in [3.8, 4) is 5.88 Å². The number of hydrogen-bond acceptors (Lipinski definition) is 5. The van der Waals surface area contributed by atoms with E-state index in [0.29, 0.717) is 35.3 Å². The number of nitrogens with zero attached hydrogens (tertiary/aromatic N) is 3. The molecule has 6 nitrogen and oxygen atoms in total. The van der Waals surface area contributed by atoms with Gasteiger partial charge in [-0.25, -0.2) is 9.97 Å². The molecule has 29 heavy (non-hydrogen) atoms. The lowest BCUT2D eigenvalue weighted by molar-refractivity contribution is 0.0566. The zero-order chi connectivity index (χ0) is 20.2. The first-order valence-corrected chi connectivity index (χ1v) is 10.0. The third-order valence-corrected chi connectivity index (χ3v) is 5.51. The predicted octanol–water partition coefficient (Wildman–Crippen LogP) is 4.69. The second-order valence-electron chi connectivity index (χ2n) is 7.00. The number of piperidine rings is 1. The second kappa shape index (κ2) is 8.66. The Morgan fingerprint density at radius 1 is 1.24 bits per heavy atom. The van der Waals surface area contributed by atoms with Gasteiger partial charge in [-0.3, -0.25) is 4.79 Å². The number of amides is 1. The normalized spacial score (nSPS) is 16.6. The summed E-state index contributed by atoms with van der Waals surface area (Å²) in [6.07, 6.45) is 6.65. The van der Waals surface area contributed by atoms with Crippen molar-refractivity contribution in [3.05, 3.63) is 76.6 Å². The van der Waals surface area contributed by atoms with E-state index in [1.54, 1.807) is 24.5 Å². The van der Waals surface area contributed by atoms with E-state index in [2.05, 4.69) is 9.97 Å². The molecule has 1 aliphatic rings. The number of rotatable bonds is 5. The van der Waals surface area contributed by atoms with Crippen molar-refractivity contribution in [1.82, 2.24) is 14.9 Å². The molecular formula is C22H22ClN3O3. The number of halogens is 1. The molecule has 0 saturated carbocycles. The molecule has 1 aliphatic heterocycles. The molecule has 7 heteroatoms. The first-order chi connectivity index (χ1) is 14.2. The van der Waals surface area contributed by atoms with Gasteiger partial charge >= 0.3 is 0 Å². The average Bonchev–Trinajstić information content (AvgIpc) is 3.23. The summed E-state index contributed by atoms with van der Waals surface area (Å²) >= 11 is 6.26. The van der Waals surface area contributed by atoms with Gasteiger partial charge in [0.15, 0.2) is 0 Å². The molecule has 0 bridgehead atoms. The van der Waals surface area contributed by atoms with Crippen molar-refractivity contribution in [1.29, 1.82) is 0 Å². The number of carbonyl (C=O) groups is 1. The highest BCUT2D eigenvalue weighted by Crippen LogP contribution is 2.33. The van der Waals surface area contributed by atoms with E-state index in [9.17, 15) is 4.79 Å². The first-order valence-electron chi connectivity index (χ1n) is 9.65. The van der Waals surface area contributed by atoms with Gasteiger partial charge in [-0.15, -0.1) is 0 Å². The molecular weight excluding hydrogens is 390 g/mol. The highest BCUT2D eigenvalue weighted by Gasteiger charge is 2.33. The molecule has 4 rings (SSSR count). The molecule has 150 valence electrons. The van der Waals surface area contributed by atoms with Crippen molar-refractivity contribution < 1.29 is 13.9 Å². The van der Waals surface area contributed by atoms with E-state index in [0.717, 1.165) is 30.6 Å². The lowest BCUT2D eigenvalue weighted by Gasteiger charge is -2.34. The van der Waals surface area contributed by atoms with Gasteiger partial charge < -0.3 is 14.1 Å². The van der Waals surface area contributed by atoms with Crippen LogP contribution in [0.1, 0.15) is 52.9 Å². The highest BCUT2D eigenvalue weighted by molar-refractivity contribution is 6.31. The van der Waals surface area contributed by atoms with Gasteiger partial charge in [0.25, 0.3) is 5.91 Å². The second-order valence-corrected chi connectivity index (χ2v) is 7.41. The van der Waals surface area contributed by atoms with Gasteiger partial charge in [0.1, 0.15) is 17.4 Å². The van der Waals surface area contributed by atoms with Crippen LogP contribution in [0.25, 0.3) is 0 Å². The molecule has 0 spiro atoms. The van der Waals surface area contributed by atoms with Crippen LogP contribution in [0.3, 0.4) is 0 Å². The maximum atomic E-state index is 13.2. The summed E-state index contributed by atoms with van der Waals surface area (Å²) in [5.74, 6) is 1.49. The lowest BCUT2D eigenvalue weighted by Crippen LogP contribution is -2.38. The molecule has 1 fully saturated rings. The smallest absolute Gasteiger partial charge is 0.260 e. The summed E-state index contributed by atoms with van der Waals surface area (Å²) in [6.45, 7) is 0.643. The van der Waals surface area contributed by atoms with Crippen LogP contribution in [0.5, 0.6) is 5.88 Å². The Bertz CT molecular complexity index is 1000. The van der Waals surface area contributed by atoms with Crippen LogP contribution in [0, 0.1) is 0 Å². The number of likely N-dealkylation sites (tertiary alicyclic amines) is 1. The average molecular weight is 412 g/mol. The maximum absolute atomic E-state index is 13.2. The van der Waals surface area contributed by atoms with Crippen molar-refractivity contribution in [2.45, 2.75) is 31.7 Å². The molecule has 1 unspecified atom stereocenters. The fourth-order valence-corrected chi connectivity index (χ4v) is 3.89. The fraction of sp³-hybridized carbons (Fsp3) is 0.318. The minimum atomic E-state index is -0.207. The first kappa shape index (κ1) is 19.5. The molecule has 0 N–H and O–H groups in total. The number of methoxy groups -OCH3 is 1. The topological polar surface area (TPSA) is 68.5 Å². The highest BCUT2D eigenvalue weighted by atomic mass is 35.5. The number of carbonyl (C=O) groups excluding carboxylic acids is 1. The summed E-state index contributed by atoms with van der Waals surface area (Å²) < 4.78 is 11.3. The van der Waals surface area contributed by atoms with Crippen molar-refractivity contribution in [3.63, 3.8) is 0 Å². The number of oxazole rings is 1. The molecule has 1 aromatic carbocycles. The fourth-order valence-electron chi connectivity index (χ4n) is 3.69. The van der Waals surface area contributed by atoms with Crippen LogP contribution >= 0.6 is 11.6 Å². The van der Waals surface area contributed by atoms with Crippen LogP contribution in [0.4, 0.5) is 0 Å². The quantitative estimate of drug-likeness (QED) is 0.609. The summed E-state index contributed by atoms with van der Waals surface area (Å²) in [6, 6.07) is 10.9. The van der Waals surface area contributed by atoms with Crippen LogP contribution in [-0.2, 0) is 6.42 Å². The molecule has 0 radical (unpaired) electrons. The summed E-state index contributed by atoms with van der Waals surface area (Å²) in [5, 5.41) is 0.698. The minimum absolute atomic E-state index is 0.120. The van der Waals surface area contributed by atoms with Gasteiger partial charge in [-0.2, -0.15) is 0 Å². The third kappa shape index (κ3) is 4.12. The predicted molar refractivity (Wildman–Crippen MR) is 109 cm³/mol. The Morgan fingerprint density at radius 3 is 2.93 bits per heavy atom. The van der Waals surface area contributed by atoms with E-state index in [-0.39, 0.29) is 11.9 Å². The van der Waals surface area contributed by atoms with Crippen molar-refractivity contribution in [2.24, 2.45) is 0 Å². The monoisotopic (exact) mass is 411 g/mol. The van der Waals surface area contributed by atoms with Crippen molar-refractivity contribution >= 4 is 17.5 Å². The zero-order valence-electron chi connectivity index (χ0n) is 16.2. The Kier molecular flexibility index (Phi) is 5.81. The lowest BCUT2D eigenvalue weighted by atomic mass is 10.0.